The van der Waals surface area contributed by atoms with Crippen LogP contribution in [0.2, 0.25) is 4.34 Å². The molecule has 4 unspecified atom stereocenters. The second kappa shape index (κ2) is 38.5. The molecule has 4 amide bonds. The van der Waals surface area contributed by atoms with E-state index in [1.54, 1.807) is 53.9 Å². The molecule has 8 aromatic rings. The number of sulfone groups is 4. The molecule has 678 valence electrons. The van der Waals surface area contributed by atoms with Crippen LogP contribution in [0.25, 0.3) is 0 Å². The third-order valence-corrected chi connectivity index (χ3v) is 34.6. The normalized spacial score (nSPS) is 22.8. The van der Waals surface area contributed by atoms with Crippen LogP contribution in [0.1, 0.15) is 153 Å². The van der Waals surface area contributed by atoms with E-state index in [0.29, 0.717) is 136 Å². The van der Waals surface area contributed by atoms with Crippen LogP contribution < -0.4 is 19.6 Å². The van der Waals surface area contributed by atoms with Crippen LogP contribution >= 0.6 is 56.9 Å². The zero-order valence-corrected chi connectivity index (χ0v) is 74.6. The number of rotatable bonds is 14. The summed E-state index contributed by atoms with van der Waals surface area (Å²) in [6, 6.07) is 8.38. The summed E-state index contributed by atoms with van der Waals surface area (Å²) < 4.78 is 216. The predicted octanol–water partition coefficient (Wildman–Crippen LogP) is 10.7. The first-order chi connectivity index (χ1) is 59.2. The SMILES string of the molecule is Cc1cnc(C2CN(c3cnc(C(F)(F)F)cn3)CCN2C(=O)C2CCS(=O)(=O)CC2)s1.Cc1cnc(C2CN(c3nnc(C(F)(F)F)s3)CCN2C(=O)C2CCS(=O)(=O)CC2)s1.O=C(C1CCS(=O)(=O)CC1)N1CCN(c2cnc(C3CC3)nc2)CC1c1cccc(F)c1.O=C(C1CCS(=O)(=O)CC1)N1CCN(c2noc(C(F)F)n2)CC1c1ccc(Cl)s1. The summed E-state index contributed by atoms with van der Waals surface area (Å²) in [5, 5.41) is 11.2. The minimum atomic E-state index is -4.56. The molecule has 0 N–H and O–H groups in total. The van der Waals surface area contributed by atoms with E-state index in [1.807, 2.05) is 43.3 Å². The maximum atomic E-state index is 14.0. The van der Waals surface area contributed by atoms with Crippen molar-refractivity contribution < 1.29 is 96.9 Å². The Morgan fingerprint density at radius 1 is 0.480 bits per heavy atom. The largest absolute Gasteiger partial charge is 0.445 e. The number of benzene rings is 1. The highest BCUT2D eigenvalue weighted by molar-refractivity contribution is 7.92. The minimum absolute atomic E-state index is 0.00456. The van der Waals surface area contributed by atoms with Gasteiger partial charge in [0.05, 0.1) is 92.9 Å². The molecule has 49 heteroatoms. The van der Waals surface area contributed by atoms with E-state index in [0.717, 1.165) is 55.8 Å². The summed E-state index contributed by atoms with van der Waals surface area (Å²) in [6.45, 7) is 8.20. The van der Waals surface area contributed by atoms with Crippen molar-refractivity contribution in [2.75, 3.05) is 144 Å². The standard InChI is InChI=1S/C23H27FN4O3S.C19H22F3N5O3S2.C17H19ClF2N4O4S2.C17H20F3N5O3S3/c24-19-3-1-2-18(12-19)21-15-27(20-13-25-22(26-14-20)16-4-5-16)8-9-28(21)23(29)17-6-10-32(30,31)11-7-17;1-12-8-25-17(31-12)14-11-26(16-10-23-15(9-24-16)19(20,21)22)4-5-27(14)18(28)13-2-6-32(29,30)7-3-13;18-13-2-1-12(29-13)11-9-23(17-21-15(14(19)20)28-22-17)5-6-24(11)16(25)10-3-7-30(26,27)8-4-10;1-10-8-21-13(29-10)12-9-24(16-23-22-15(30-16)17(18,19)20)4-5-25(12)14(26)11-2-6-31(27,28)7-3-11/h1-3,12-14,16-17,21H,4-11,15H2;8-10,13-14H,2-7,11H2,1H3;1-2,10-11,14H,3-9H2;8,11-12H,2-7,9H2,1H3. The number of halogens is 10. The molecule has 15 heterocycles. The lowest BCUT2D eigenvalue weighted by molar-refractivity contribution is -0.142. The van der Waals surface area contributed by atoms with Gasteiger partial charge in [0.1, 0.15) is 78.9 Å². The van der Waals surface area contributed by atoms with Crippen LogP contribution in [0.5, 0.6) is 0 Å². The van der Waals surface area contributed by atoms with E-state index >= 15 is 0 Å². The van der Waals surface area contributed by atoms with Gasteiger partial charge in [-0.25, -0.2) is 68.0 Å². The Morgan fingerprint density at radius 2 is 0.936 bits per heavy atom. The first-order valence-electron chi connectivity index (χ1n) is 40.3. The molecule has 31 nitrogen and oxygen atoms in total. The molecule has 1 aromatic carbocycles. The topological polar surface area (TPSA) is 373 Å². The van der Waals surface area contributed by atoms with Gasteiger partial charge < -0.3 is 43.7 Å². The number of anilines is 4. The lowest BCUT2D eigenvalue weighted by atomic mass is 9.96. The number of carbonyl (C=O) groups is 4. The van der Waals surface area contributed by atoms with Crippen LogP contribution in [-0.2, 0) is 70.9 Å². The highest BCUT2D eigenvalue weighted by atomic mass is 35.5. The smallest absolute Gasteiger partial charge is 0.365 e. The van der Waals surface area contributed by atoms with Crippen LogP contribution in [0.15, 0.2) is 78.1 Å². The molecule has 4 atom stereocenters. The first-order valence-corrected chi connectivity index (χ1v) is 51.2. The summed E-state index contributed by atoms with van der Waals surface area (Å²) in [4.78, 5) is 99.3. The third-order valence-electron chi connectivity index (χ3n) is 23.3. The fraction of sp³-hybridized carbons (Fsp3) is 0.579. The van der Waals surface area contributed by atoms with E-state index in [4.69, 9.17) is 11.6 Å². The molecule has 7 aromatic heterocycles. The number of carbonyl (C=O) groups excluding carboxylic acids is 4. The molecule has 0 bridgehead atoms. The average Bonchev–Trinajstić information content (AvgIpc) is 1.61. The van der Waals surface area contributed by atoms with Crippen LogP contribution in [-0.4, -0.2) is 252 Å². The number of thiophene rings is 1. The Morgan fingerprint density at radius 3 is 1.35 bits per heavy atom. The lowest BCUT2D eigenvalue weighted by Gasteiger charge is -2.44. The Bertz CT molecular complexity index is 5600. The fourth-order valence-corrected chi connectivity index (χ4v) is 25.9. The molecule has 8 aliphatic heterocycles. The highest BCUT2D eigenvalue weighted by Crippen LogP contribution is 2.43. The fourth-order valence-electron chi connectivity index (χ4n) is 16.3. The van der Waals surface area contributed by atoms with Gasteiger partial charge in [-0.05, 0) is 113 Å². The van der Waals surface area contributed by atoms with Crippen molar-refractivity contribution in [2.24, 2.45) is 23.7 Å². The monoisotopic (exact) mass is 1920 g/mol. The molecule has 1 aliphatic carbocycles. The summed E-state index contributed by atoms with van der Waals surface area (Å²) in [6.07, 6.45) is 1.70. The van der Waals surface area contributed by atoms with Crippen LogP contribution in [0.4, 0.5) is 62.1 Å². The maximum absolute atomic E-state index is 14.0. The summed E-state index contributed by atoms with van der Waals surface area (Å²) >= 11 is 10.8. The molecule has 1 saturated carbocycles. The number of aryl methyl sites for hydroxylation is 2. The van der Waals surface area contributed by atoms with Crippen molar-refractivity contribution in [3.63, 3.8) is 0 Å². The molecule has 17 rings (SSSR count). The van der Waals surface area contributed by atoms with Crippen molar-refractivity contribution in [1.82, 2.24) is 69.8 Å². The van der Waals surface area contributed by atoms with Crippen molar-refractivity contribution in [3.8, 4) is 0 Å². The molecule has 9 fully saturated rings. The third kappa shape index (κ3) is 23.2. The van der Waals surface area contributed by atoms with Gasteiger partial charge in [0, 0.05) is 135 Å². The first kappa shape index (κ1) is 92.7. The van der Waals surface area contributed by atoms with E-state index < -0.39 is 86.8 Å². The molecule has 0 spiro atoms. The Hall–Kier alpha value is -8.42. The van der Waals surface area contributed by atoms with E-state index in [1.165, 1.54) is 46.1 Å². The van der Waals surface area contributed by atoms with E-state index in [2.05, 4.69) is 59.7 Å². The second-order valence-corrected chi connectivity index (χ2v) is 46.4. The second-order valence-electron chi connectivity index (χ2n) is 31.9. The average molecular weight is 1920 g/mol. The zero-order chi connectivity index (χ0) is 89.2. The van der Waals surface area contributed by atoms with Gasteiger partial charge in [0.2, 0.25) is 33.8 Å². The molecule has 0 radical (unpaired) electrons. The summed E-state index contributed by atoms with van der Waals surface area (Å²) in [7, 11) is -12.3. The number of hydrogen-bond donors (Lipinski definition) is 0. The number of piperazine rings is 4. The summed E-state index contributed by atoms with van der Waals surface area (Å²) in [5.41, 5.74) is 0.572. The van der Waals surface area contributed by atoms with Crippen molar-refractivity contribution >= 4 is 143 Å². The van der Waals surface area contributed by atoms with Crippen molar-refractivity contribution in [1.29, 1.82) is 0 Å². The van der Waals surface area contributed by atoms with Gasteiger partial charge in [-0.15, -0.1) is 44.2 Å². The highest BCUT2D eigenvalue weighted by Gasteiger charge is 2.46. The number of amides is 4. The number of alkyl halides is 8. The van der Waals surface area contributed by atoms with Gasteiger partial charge >= 0.3 is 18.8 Å². The number of nitrogens with zero attached hydrogens (tertiary/aromatic N) is 18. The maximum Gasteiger partial charge on any atom is 0.445 e. The van der Waals surface area contributed by atoms with Gasteiger partial charge in [-0.1, -0.05) is 35.1 Å². The Labute approximate surface area is 735 Å². The zero-order valence-electron chi connectivity index (χ0n) is 67.3. The van der Waals surface area contributed by atoms with E-state index in [9.17, 15) is 92.4 Å². The molecular formula is C76H88ClF9N18O13S8. The predicted molar refractivity (Wildman–Crippen MR) is 447 cm³/mol. The molecular weight excluding hydrogens is 1840 g/mol. The Balaban J connectivity index is 0.000000135. The molecule has 9 aliphatic rings. The van der Waals surface area contributed by atoms with Crippen LogP contribution in [0, 0.1) is 43.3 Å². The van der Waals surface area contributed by atoms with Crippen molar-refractivity contribution in [2.45, 2.75) is 127 Å². The van der Waals surface area contributed by atoms with Gasteiger partial charge in [0.15, 0.2) is 5.69 Å². The van der Waals surface area contributed by atoms with Crippen LogP contribution in [0.3, 0.4) is 0 Å². The molecule has 8 saturated heterocycles. The van der Waals surface area contributed by atoms with E-state index in [-0.39, 0.29) is 155 Å². The van der Waals surface area contributed by atoms with Gasteiger partial charge in [-0.2, -0.15) is 40.1 Å². The van der Waals surface area contributed by atoms with Crippen molar-refractivity contribution in [3.05, 3.63) is 136 Å². The minimum Gasteiger partial charge on any atom is -0.365 e. The van der Waals surface area contributed by atoms with Gasteiger partial charge in [0.25, 0.3) is 11.8 Å². The lowest BCUT2D eigenvalue weighted by Crippen LogP contribution is -2.53. The van der Waals surface area contributed by atoms with Gasteiger partial charge in [-0.3, -0.25) is 19.2 Å². The quantitative estimate of drug-likeness (QED) is 0.0913. The number of thiazole rings is 2. The number of aromatic nitrogens is 10. The Kier molecular flexibility index (Phi) is 28.6. The molecule has 125 heavy (non-hydrogen) atoms. The number of hydrogen-bond acceptors (Lipinski definition) is 31. The summed E-state index contributed by atoms with van der Waals surface area (Å²) in [5.74, 6) is -0.986.